The van der Waals surface area contributed by atoms with Crippen molar-refractivity contribution in [3.05, 3.63) is 29.6 Å². The summed E-state index contributed by atoms with van der Waals surface area (Å²) in [6.45, 7) is 3.67. The summed E-state index contributed by atoms with van der Waals surface area (Å²) >= 11 is 0. The average molecular weight is 259 g/mol. The monoisotopic (exact) mass is 258 g/mol. The van der Waals surface area contributed by atoms with Crippen molar-refractivity contribution in [1.82, 2.24) is 9.38 Å². The van der Waals surface area contributed by atoms with Crippen LogP contribution < -0.4 is 0 Å². The van der Waals surface area contributed by atoms with E-state index in [-0.39, 0.29) is 5.03 Å². The molecule has 0 amide bonds. The molecule has 6 heteroatoms. The number of rotatable bonds is 2. The normalized spacial score (nSPS) is 12.2. The first-order chi connectivity index (χ1) is 7.45. The van der Waals surface area contributed by atoms with Crippen molar-refractivity contribution in [2.24, 2.45) is 0 Å². The van der Waals surface area contributed by atoms with Gasteiger partial charge in [-0.25, -0.2) is 13.4 Å². The van der Waals surface area contributed by atoms with Gasteiger partial charge < -0.3 is 0 Å². The van der Waals surface area contributed by atoms with Gasteiger partial charge in [0.05, 0.1) is 5.69 Å². The first kappa shape index (κ1) is 11.4. The largest absolute Gasteiger partial charge is 0.286 e. The van der Waals surface area contributed by atoms with E-state index in [4.69, 9.17) is 10.7 Å². The van der Waals surface area contributed by atoms with Crippen molar-refractivity contribution in [3.63, 3.8) is 0 Å². The first-order valence-corrected chi connectivity index (χ1v) is 7.17. The van der Waals surface area contributed by atoms with Crippen molar-refractivity contribution < 1.29 is 8.42 Å². The second-order valence-electron chi connectivity index (χ2n) is 3.52. The molecule has 0 fully saturated rings. The van der Waals surface area contributed by atoms with Crippen LogP contribution in [0.15, 0.2) is 23.2 Å². The number of aryl methyl sites for hydroxylation is 2. The van der Waals surface area contributed by atoms with Crippen LogP contribution in [0.2, 0.25) is 0 Å². The predicted octanol–water partition coefficient (Wildman–Crippen LogP) is 2.13. The molecule has 0 saturated carbocycles. The highest BCUT2D eigenvalue weighted by Gasteiger charge is 2.22. The molecular formula is C10H11ClN2O2S. The zero-order valence-corrected chi connectivity index (χ0v) is 10.5. The lowest BCUT2D eigenvalue weighted by atomic mass is 10.3. The van der Waals surface area contributed by atoms with Gasteiger partial charge in [0.15, 0.2) is 5.03 Å². The van der Waals surface area contributed by atoms with Crippen LogP contribution >= 0.6 is 10.7 Å². The van der Waals surface area contributed by atoms with E-state index in [2.05, 4.69) is 4.98 Å². The molecule has 16 heavy (non-hydrogen) atoms. The second-order valence-corrected chi connectivity index (χ2v) is 6.00. The molecule has 2 rings (SSSR count). The Kier molecular flexibility index (Phi) is 2.67. The van der Waals surface area contributed by atoms with Crippen LogP contribution in [-0.4, -0.2) is 17.8 Å². The Morgan fingerprint density at radius 2 is 2.12 bits per heavy atom. The molecule has 0 N–H and O–H groups in total. The van der Waals surface area contributed by atoms with Gasteiger partial charge in [0.2, 0.25) is 0 Å². The molecule has 0 atom stereocenters. The standard InChI is InChI=1S/C10H11ClN2O2S/c1-3-8-10(16(11,14)15)13-7(2)5-4-6-9(13)12-8/h4-6H,3H2,1-2H3. The zero-order chi connectivity index (χ0) is 11.9. The molecule has 4 nitrogen and oxygen atoms in total. The minimum Gasteiger partial charge on any atom is -0.286 e. The fraction of sp³-hybridized carbons (Fsp3) is 0.300. The molecule has 0 bridgehead atoms. The summed E-state index contributed by atoms with van der Waals surface area (Å²) in [5.74, 6) is 0. The van der Waals surface area contributed by atoms with Gasteiger partial charge in [0.25, 0.3) is 9.05 Å². The summed E-state index contributed by atoms with van der Waals surface area (Å²) in [6.07, 6.45) is 0.530. The summed E-state index contributed by atoms with van der Waals surface area (Å²) < 4.78 is 24.7. The smallest absolute Gasteiger partial charge is 0.279 e. The van der Waals surface area contributed by atoms with E-state index in [0.29, 0.717) is 17.8 Å². The Balaban J connectivity index is 2.98. The minimum absolute atomic E-state index is 0.0877. The second kappa shape index (κ2) is 3.75. The van der Waals surface area contributed by atoms with Crippen LogP contribution in [0.25, 0.3) is 5.65 Å². The highest BCUT2D eigenvalue weighted by molar-refractivity contribution is 8.13. The maximum Gasteiger partial charge on any atom is 0.279 e. The van der Waals surface area contributed by atoms with Gasteiger partial charge in [0, 0.05) is 16.4 Å². The van der Waals surface area contributed by atoms with Crippen molar-refractivity contribution in [2.45, 2.75) is 25.3 Å². The van der Waals surface area contributed by atoms with Crippen LogP contribution in [0.1, 0.15) is 18.3 Å². The maximum atomic E-state index is 11.5. The third kappa shape index (κ3) is 1.70. The van der Waals surface area contributed by atoms with Crippen LogP contribution in [0.5, 0.6) is 0 Å². The van der Waals surface area contributed by atoms with E-state index in [0.717, 1.165) is 5.69 Å². The lowest BCUT2D eigenvalue weighted by Crippen LogP contribution is -2.02. The van der Waals surface area contributed by atoms with Crippen LogP contribution in [0.3, 0.4) is 0 Å². The fourth-order valence-corrected chi connectivity index (χ4v) is 3.15. The highest BCUT2D eigenvalue weighted by atomic mass is 35.7. The summed E-state index contributed by atoms with van der Waals surface area (Å²) in [5.41, 5.74) is 1.91. The average Bonchev–Trinajstić information content (AvgIpc) is 2.57. The molecule has 2 aromatic rings. The van der Waals surface area contributed by atoms with Crippen LogP contribution in [-0.2, 0) is 15.5 Å². The molecule has 0 spiro atoms. The van der Waals surface area contributed by atoms with Gasteiger partial charge in [-0.2, -0.15) is 0 Å². The lowest BCUT2D eigenvalue weighted by molar-refractivity contribution is 0.603. The van der Waals surface area contributed by atoms with E-state index in [9.17, 15) is 8.42 Å². The Hall–Kier alpha value is -1.07. The third-order valence-electron chi connectivity index (χ3n) is 2.43. The molecule has 86 valence electrons. The Morgan fingerprint density at radius 3 is 2.69 bits per heavy atom. The number of halogens is 1. The number of fused-ring (bicyclic) bond motifs is 1. The molecule has 0 saturated heterocycles. The van der Waals surface area contributed by atoms with Crippen molar-refractivity contribution >= 4 is 25.4 Å². The number of hydrogen-bond acceptors (Lipinski definition) is 3. The summed E-state index contributed by atoms with van der Waals surface area (Å²) in [5, 5.41) is 0.0877. The van der Waals surface area contributed by atoms with E-state index in [1.165, 1.54) is 0 Å². The lowest BCUT2D eigenvalue weighted by Gasteiger charge is -2.02. The number of imidazole rings is 1. The molecule has 0 aliphatic rings. The Bertz CT molecular complexity index is 646. The Morgan fingerprint density at radius 1 is 1.44 bits per heavy atom. The molecule has 0 aliphatic heterocycles. The first-order valence-electron chi connectivity index (χ1n) is 4.86. The van der Waals surface area contributed by atoms with Gasteiger partial charge in [0.1, 0.15) is 5.65 Å². The summed E-state index contributed by atoms with van der Waals surface area (Å²) in [6, 6.07) is 5.42. The van der Waals surface area contributed by atoms with Crippen LogP contribution in [0, 0.1) is 6.92 Å². The predicted molar refractivity (Wildman–Crippen MR) is 62.3 cm³/mol. The van der Waals surface area contributed by atoms with Crippen LogP contribution in [0.4, 0.5) is 0 Å². The van der Waals surface area contributed by atoms with E-state index in [1.807, 2.05) is 26.0 Å². The molecule has 2 aromatic heterocycles. The minimum atomic E-state index is -3.78. The van der Waals surface area contributed by atoms with Gasteiger partial charge in [-0.1, -0.05) is 13.0 Å². The number of hydrogen-bond donors (Lipinski definition) is 0. The number of nitrogens with zero attached hydrogens (tertiary/aromatic N) is 2. The maximum absolute atomic E-state index is 11.5. The van der Waals surface area contributed by atoms with Crippen molar-refractivity contribution in [3.8, 4) is 0 Å². The quantitative estimate of drug-likeness (QED) is 0.776. The summed E-state index contributed by atoms with van der Waals surface area (Å²) in [4.78, 5) is 4.26. The van der Waals surface area contributed by atoms with E-state index >= 15 is 0 Å². The molecule has 0 aliphatic carbocycles. The van der Waals surface area contributed by atoms with E-state index < -0.39 is 9.05 Å². The Labute approximate surface area is 98.3 Å². The third-order valence-corrected chi connectivity index (χ3v) is 3.75. The summed E-state index contributed by atoms with van der Waals surface area (Å²) in [7, 11) is 1.67. The highest BCUT2D eigenvalue weighted by Crippen LogP contribution is 2.23. The van der Waals surface area contributed by atoms with Gasteiger partial charge in [-0.15, -0.1) is 0 Å². The fourth-order valence-electron chi connectivity index (χ4n) is 1.75. The molecule has 2 heterocycles. The van der Waals surface area contributed by atoms with E-state index in [1.54, 1.807) is 10.5 Å². The molecular weight excluding hydrogens is 248 g/mol. The number of aromatic nitrogens is 2. The van der Waals surface area contributed by atoms with Crippen molar-refractivity contribution in [2.75, 3.05) is 0 Å². The SMILES string of the molecule is CCc1nc2cccc(C)n2c1S(=O)(=O)Cl. The van der Waals surface area contributed by atoms with Gasteiger partial charge in [-0.3, -0.25) is 4.40 Å². The molecule has 0 unspecified atom stereocenters. The van der Waals surface area contributed by atoms with Gasteiger partial charge >= 0.3 is 0 Å². The zero-order valence-electron chi connectivity index (χ0n) is 8.94. The number of pyridine rings is 1. The topological polar surface area (TPSA) is 51.4 Å². The van der Waals surface area contributed by atoms with Crippen molar-refractivity contribution in [1.29, 1.82) is 0 Å². The van der Waals surface area contributed by atoms with Gasteiger partial charge in [-0.05, 0) is 25.5 Å². The molecule has 0 aromatic carbocycles. The molecule has 0 radical (unpaired) electrons.